The van der Waals surface area contributed by atoms with E-state index in [9.17, 15) is 9.90 Å². The van der Waals surface area contributed by atoms with Crippen LogP contribution in [-0.4, -0.2) is 22.8 Å². The number of hydrogen-bond acceptors (Lipinski definition) is 3. The molecule has 4 heteroatoms. The van der Waals surface area contributed by atoms with E-state index in [2.05, 4.69) is 6.92 Å². The summed E-state index contributed by atoms with van der Waals surface area (Å²) in [7, 11) is 0. The van der Waals surface area contributed by atoms with Gasteiger partial charge in [0.1, 0.15) is 0 Å². The molecule has 0 spiro atoms. The van der Waals surface area contributed by atoms with Crippen LogP contribution in [0.25, 0.3) is 6.08 Å². The first kappa shape index (κ1) is 14.1. The number of carbonyl (C=O) groups is 1. The van der Waals surface area contributed by atoms with Gasteiger partial charge in [-0.05, 0) is 30.2 Å². The van der Waals surface area contributed by atoms with Crippen molar-refractivity contribution in [3.05, 3.63) is 29.8 Å². The lowest BCUT2D eigenvalue weighted by molar-refractivity contribution is -0.131. The molecule has 0 unspecified atom stereocenters. The van der Waals surface area contributed by atoms with E-state index in [0.29, 0.717) is 17.9 Å². The second kappa shape index (κ2) is 7.37. The second-order valence-corrected chi connectivity index (χ2v) is 3.95. The Hall–Kier alpha value is -1.97. The molecule has 1 aromatic rings. The zero-order valence-corrected chi connectivity index (χ0v) is 10.4. The molecule has 0 amide bonds. The molecule has 0 radical (unpaired) electrons. The summed E-state index contributed by atoms with van der Waals surface area (Å²) in [5, 5.41) is 18.2. The average molecular weight is 250 g/mol. The van der Waals surface area contributed by atoms with Crippen LogP contribution in [0.2, 0.25) is 0 Å². The van der Waals surface area contributed by atoms with Crippen LogP contribution in [0, 0.1) is 0 Å². The molecule has 0 aliphatic carbocycles. The molecule has 0 atom stereocenters. The van der Waals surface area contributed by atoms with E-state index in [1.807, 2.05) is 0 Å². The Balaban J connectivity index is 2.59. The number of phenols is 1. The van der Waals surface area contributed by atoms with Crippen LogP contribution in [0.4, 0.5) is 0 Å². The highest BCUT2D eigenvalue weighted by molar-refractivity contribution is 5.85. The molecular weight excluding hydrogens is 232 g/mol. The minimum atomic E-state index is -1.02. The van der Waals surface area contributed by atoms with E-state index in [-0.39, 0.29) is 5.75 Å². The molecule has 2 N–H and O–H groups in total. The minimum absolute atomic E-state index is 0.0269. The highest BCUT2D eigenvalue weighted by Crippen LogP contribution is 2.27. The van der Waals surface area contributed by atoms with Crippen molar-refractivity contribution < 1.29 is 19.7 Å². The third kappa shape index (κ3) is 4.91. The molecule has 1 aromatic carbocycles. The number of aliphatic carboxylic acids is 1. The monoisotopic (exact) mass is 250 g/mol. The van der Waals surface area contributed by atoms with Crippen molar-refractivity contribution in [3.63, 3.8) is 0 Å². The van der Waals surface area contributed by atoms with Gasteiger partial charge in [-0.25, -0.2) is 4.79 Å². The lowest BCUT2D eigenvalue weighted by Crippen LogP contribution is -1.97. The summed E-state index contributed by atoms with van der Waals surface area (Å²) in [5.74, 6) is -0.563. The number of carboxylic acid groups (broad SMARTS) is 1. The Bertz CT molecular complexity index is 424. The summed E-state index contributed by atoms with van der Waals surface area (Å²) in [6.07, 6.45) is 5.62. The maximum Gasteiger partial charge on any atom is 0.328 e. The smallest absolute Gasteiger partial charge is 0.328 e. The van der Waals surface area contributed by atoms with Gasteiger partial charge < -0.3 is 14.9 Å². The maximum atomic E-state index is 10.4. The first-order chi connectivity index (χ1) is 8.63. The lowest BCUT2D eigenvalue weighted by Gasteiger charge is -2.08. The fourth-order valence-electron chi connectivity index (χ4n) is 1.46. The molecule has 0 aliphatic rings. The van der Waals surface area contributed by atoms with Gasteiger partial charge >= 0.3 is 5.97 Å². The van der Waals surface area contributed by atoms with Gasteiger partial charge in [0.15, 0.2) is 11.5 Å². The first-order valence-corrected chi connectivity index (χ1v) is 6.00. The van der Waals surface area contributed by atoms with Crippen molar-refractivity contribution in [1.82, 2.24) is 0 Å². The van der Waals surface area contributed by atoms with Gasteiger partial charge in [0.25, 0.3) is 0 Å². The summed E-state index contributed by atoms with van der Waals surface area (Å²) in [6, 6.07) is 4.83. The quantitative estimate of drug-likeness (QED) is 0.576. The Kier molecular flexibility index (Phi) is 5.77. The van der Waals surface area contributed by atoms with Gasteiger partial charge in [0.05, 0.1) is 6.61 Å². The van der Waals surface area contributed by atoms with Crippen molar-refractivity contribution in [2.45, 2.75) is 26.2 Å². The topological polar surface area (TPSA) is 66.8 Å². The van der Waals surface area contributed by atoms with E-state index in [4.69, 9.17) is 9.84 Å². The average Bonchev–Trinajstić information content (AvgIpc) is 2.34. The highest BCUT2D eigenvalue weighted by Gasteiger charge is 2.02. The van der Waals surface area contributed by atoms with Crippen molar-refractivity contribution in [3.8, 4) is 11.5 Å². The van der Waals surface area contributed by atoms with Crippen LogP contribution in [0.1, 0.15) is 31.7 Å². The number of benzene rings is 1. The number of rotatable bonds is 7. The molecule has 0 bridgehead atoms. The summed E-state index contributed by atoms with van der Waals surface area (Å²) >= 11 is 0. The lowest BCUT2D eigenvalue weighted by atomic mass is 10.2. The second-order valence-electron chi connectivity index (χ2n) is 3.95. The predicted molar refractivity (Wildman–Crippen MR) is 69.8 cm³/mol. The molecular formula is C14H18O4. The fraction of sp³-hybridized carbons (Fsp3) is 0.357. The van der Waals surface area contributed by atoms with E-state index in [0.717, 1.165) is 25.3 Å². The summed E-state index contributed by atoms with van der Waals surface area (Å²) < 4.78 is 5.43. The normalized spacial score (nSPS) is 10.7. The Morgan fingerprint density at radius 3 is 2.78 bits per heavy atom. The number of ether oxygens (including phenoxy) is 1. The molecule has 0 aliphatic heterocycles. The van der Waals surface area contributed by atoms with Gasteiger partial charge in [0, 0.05) is 6.08 Å². The third-order valence-electron chi connectivity index (χ3n) is 2.41. The SMILES string of the molecule is CCCCCOc1ccc(C=CC(=O)O)cc1O. The number of phenolic OH excluding ortho intramolecular Hbond substituents is 1. The van der Waals surface area contributed by atoms with Crippen molar-refractivity contribution in [2.24, 2.45) is 0 Å². The van der Waals surface area contributed by atoms with Crippen LogP contribution >= 0.6 is 0 Å². The summed E-state index contributed by atoms with van der Waals surface area (Å²) in [5.41, 5.74) is 0.621. The molecule has 0 saturated carbocycles. The van der Waals surface area contributed by atoms with Crippen LogP contribution < -0.4 is 4.74 Å². The Morgan fingerprint density at radius 1 is 1.39 bits per heavy atom. The van der Waals surface area contributed by atoms with E-state index >= 15 is 0 Å². The predicted octanol–water partition coefficient (Wildman–Crippen LogP) is 3.06. The number of hydrogen-bond donors (Lipinski definition) is 2. The molecule has 0 fully saturated rings. The molecule has 18 heavy (non-hydrogen) atoms. The number of aromatic hydroxyl groups is 1. The van der Waals surface area contributed by atoms with Gasteiger partial charge in [-0.1, -0.05) is 25.8 Å². The molecule has 0 heterocycles. The van der Waals surface area contributed by atoms with Gasteiger partial charge in [-0.2, -0.15) is 0 Å². The molecule has 0 aromatic heterocycles. The van der Waals surface area contributed by atoms with E-state index in [1.165, 1.54) is 12.1 Å². The first-order valence-electron chi connectivity index (χ1n) is 6.00. The molecule has 0 saturated heterocycles. The number of unbranched alkanes of at least 4 members (excludes halogenated alkanes) is 2. The van der Waals surface area contributed by atoms with E-state index in [1.54, 1.807) is 12.1 Å². The Labute approximate surface area is 107 Å². The minimum Gasteiger partial charge on any atom is -0.504 e. The zero-order valence-electron chi connectivity index (χ0n) is 10.4. The largest absolute Gasteiger partial charge is 0.504 e. The standard InChI is InChI=1S/C14H18O4/c1-2-3-4-9-18-13-7-5-11(10-12(13)15)6-8-14(16)17/h5-8,10,15H,2-4,9H2,1H3,(H,16,17). The van der Waals surface area contributed by atoms with E-state index < -0.39 is 5.97 Å². The molecule has 98 valence electrons. The van der Waals surface area contributed by atoms with Gasteiger partial charge in [0.2, 0.25) is 0 Å². The van der Waals surface area contributed by atoms with Crippen molar-refractivity contribution in [1.29, 1.82) is 0 Å². The van der Waals surface area contributed by atoms with Crippen LogP contribution in [0.15, 0.2) is 24.3 Å². The van der Waals surface area contributed by atoms with Gasteiger partial charge in [-0.15, -0.1) is 0 Å². The van der Waals surface area contributed by atoms with Crippen LogP contribution in [-0.2, 0) is 4.79 Å². The zero-order chi connectivity index (χ0) is 13.4. The molecule has 1 rings (SSSR count). The summed E-state index contributed by atoms with van der Waals surface area (Å²) in [4.78, 5) is 10.4. The van der Waals surface area contributed by atoms with Crippen LogP contribution in [0.5, 0.6) is 11.5 Å². The maximum absolute atomic E-state index is 10.4. The molecule has 4 nitrogen and oxygen atoms in total. The highest BCUT2D eigenvalue weighted by atomic mass is 16.5. The van der Waals surface area contributed by atoms with Crippen LogP contribution in [0.3, 0.4) is 0 Å². The Morgan fingerprint density at radius 2 is 2.17 bits per heavy atom. The van der Waals surface area contributed by atoms with Gasteiger partial charge in [-0.3, -0.25) is 0 Å². The van der Waals surface area contributed by atoms with Crippen molar-refractivity contribution in [2.75, 3.05) is 6.61 Å². The summed E-state index contributed by atoms with van der Waals surface area (Å²) in [6.45, 7) is 2.69. The third-order valence-corrected chi connectivity index (χ3v) is 2.41. The van der Waals surface area contributed by atoms with Crippen molar-refractivity contribution >= 4 is 12.0 Å². The fourth-order valence-corrected chi connectivity index (χ4v) is 1.46. The number of carboxylic acids is 1.